The van der Waals surface area contributed by atoms with Crippen molar-refractivity contribution < 1.29 is 0 Å². The molecule has 84 valence electrons. The van der Waals surface area contributed by atoms with E-state index in [1.807, 2.05) is 5.51 Å². The summed E-state index contributed by atoms with van der Waals surface area (Å²) >= 11 is 3.96. The topological polar surface area (TPSA) is 24.9 Å². The average molecular weight is 344 g/mol. The normalized spacial score (nSPS) is 12.6. The fraction of sp³-hybridized carbons (Fsp3) is 0.250. The number of hydrogen-bond donors (Lipinski definition) is 1. The number of aromatic nitrogens is 1. The fourth-order valence-corrected chi connectivity index (χ4v) is 2.37. The molecule has 0 fully saturated rings. The Morgan fingerprint density at radius 3 is 2.75 bits per heavy atom. The minimum Gasteiger partial charge on any atom is -0.305 e. The molecular formula is C12H13IN2S. The van der Waals surface area contributed by atoms with Crippen LogP contribution in [0.25, 0.3) is 0 Å². The molecule has 0 aliphatic carbocycles. The van der Waals surface area contributed by atoms with Crippen LogP contribution in [0, 0.1) is 3.57 Å². The highest BCUT2D eigenvalue weighted by molar-refractivity contribution is 14.1. The summed E-state index contributed by atoms with van der Waals surface area (Å²) in [6, 6.07) is 8.97. The Morgan fingerprint density at radius 1 is 1.38 bits per heavy atom. The van der Waals surface area contributed by atoms with Crippen LogP contribution in [-0.4, -0.2) is 4.98 Å². The Labute approximate surface area is 113 Å². The highest BCUT2D eigenvalue weighted by Gasteiger charge is 2.04. The Hall–Kier alpha value is -0.460. The number of rotatable bonds is 4. The molecule has 0 aliphatic heterocycles. The third-order valence-electron chi connectivity index (χ3n) is 2.44. The molecule has 0 spiro atoms. The van der Waals surface area contributed by atoms with Gasteiger partial charge >= 0.3 is 0 Å². The second kappa shape index (κ2) is 5.75. The summed E-state index contributed by atoms with van der Waals surface area (Å²) in [5.41, 5.74) is 4.30. The molecule has 0 amide bonds. The minimum atomic E-state index is 0.360. The lowest BCUT2D eigenvalue weighted by molar-refractivity contribution is 0.569. The number of nitrogens with zero attached hydrogens (tertiary/aromatic N) is 1. The molecule has 2 rings (SSSR count). The van der Waals surface area contributed by atoms with Crippen molar-refractivity contribution in [1.82, 2.24) is 10.3 Å². The van der Waals surface area contributed by atoms with Gasteiger partial charge in [0.25, 0.3) is 0 Å². The van der Waals surface area contributed by atoms with Gasteiger partial charge in [0.15, 0.2) is 0 Å². The first kappa shape index (κ1) is 12.0. The van der Waals surface area contributed by atoms with Crippen LogP contribution in [0.4, 0.5) is 0 Å². The third kappa shape index (κ3) is 3.26. The highest BCUT2D eigenvalue weighted by atomic mass is 127. The van der Waals surface area contributed by atoms with Gasteiger partial charge in [-0.1, -0.05) is 12.1 Å². The van der Waals surface area contributed by atoms with Crippen LogP contribution in [0.3, 0.4) is 0 Å². The molecule has 0 aliphatic rings. The summed E-state index contributed by atoms with van der Waals surface area (Å²) in [4.78, 5) is 4.25. The Balaban J connectivity index is 1.93. The van der Waals surface area contributed by atoms with Crippen molar-refractivity contribution in [3.05, 3.63) is 50.0 Å². The summed E-state index contributed by atoms with van der Waals surface area (Å²) in [6.07, 6.45) is 0. The standard InChI is InChI=1S/C12H13IN2S/c1-9(10-2-4-11(13)5-3-10)14-6-12-7-16-8-15-12/h2-5,7-9,14H,6H2,1H3. The maximum absolute atomic E-state index is 4.25. The van der Waals surface area contributed by atoms with Crippen LogP contribution in [0.1, 0.15) is 24.2 Å². The molecule has 1 heterocycles. The SMILES string of the molecule is CC(NCc1cscn1)c1ccc(I)cc1. The number of benzene rings is 1. The van der Waals surface area contributed by atoms with Crippen LogP contribution in [0.5, 0.6) is 0 Å². The van der Waals surface area contributed by atoms with Crippen LogP contribution in [0.2, 0.25) is 0 Å². The van der Waals surface area contributed by atoms with Crippen molar-refractivity contribution in [2.24, 2.45) is 0 Å². The van der Waals surface area contributed by atoms with Crippen LogP contribution >= 0.6 is 33.9 Å². The van der Waals surface area contributed by atoms with Gasteiger partial charge in [-0.25, -0.2) is 4.98 Å². The number of halogens is 1. The van der Waals surface area contributed by atoms with E-state index in [0.29, 0.717) is 6.04 Å². The van der Waals surface area contributed by atoms with E-state index < -0.39 is 0 Å². The summed E-state index contributed by atoms with van der Waals surface area (Å²) in [5, 5.41) is 5.54. The van der Waals surface area contributed by atoms with Crippen LogP contribution in [-0.2, 0) is 6.54 Å². The molecule has 1 unspecified atom stereocenters. The second-order valence-corrected chi connectivity index (χ2v) is 5.60. The lowest BCUT2D eigenvalue weighted by Crippen LogP contribution is -2.18. The van der Waals surface area contributed by atoms with E-state index in [1.165, 1.54) is 9.13 Å². The molecule has 0 radical (unpaired) electrons. The first-order valence-corrected chi connectivity index (χ1v) is 7.14. The van der Waals surface area contributed by atoms with Gasteiger partial charge in [-0.05, 0) is 47.2 Å². The molecule has 0 saturated carbocycles. The largest absolute Gasteiger partial charge is 0.305 e. The molecular weight excluding hydrogens is 331 g/mol. The number of nitrogens with one attached hydrogen (secondary N) is 1. The molecule has 1 atom stereocenters. The lowest BCUT2D eigenvalue weighted by atomic mass is 10.1. The Kier molecular flexibility index (Phi) is 4.31. The monoisotopic (exact) mass is 344 g/mol. The molecule has 1 N–H and O–H groups in total. The van der Waals surface area contributed by atoms with E-state index >= 15 is 0 Å². The van der Waals surface area contributed by atoms with Crippen LogP contribution in [0.15, 0.2) is 35.2 Å². The van der Waals surface area contributed by atoms with Crippen molar-refractivity contribution >= 4 is 33.9 Å². The minimum absolute atomic E-state index is 0.360. The zero-order valence-electron chi connectivity index (χ0n) is 8.98. The predicted octanol–water partition coefficient (Wildman–Crippen LogP) is 3.60. The van der Waals surface area contributed by atoms with Gasteiger partial charge in [0.1, 0.15) is 0 Å². The summed E-state index contributed by atoms with van der Waals surface area (Å²) < 4.78 is 1.27. The van der Waals surface area contributed by atoms with Crippen molar-refractivity contribution in [3.8, 4) is 0 Å². The van der Waals surface area contributed by atoms with E-state index in [9.17, 15) is 0 Å². The van der Waals surface area contributed by atoms with E-state index in [0.717, 1.165) is 12.2 Å². The van der Waals surface area contributed by atoms with Crippen molar-refractivity contribution in [3.63, 3.8) is 0 Å². The maximum Gasteiger partial charge on any atom is 0.0795 e. The second-order valence-electron chi connectivity index (χ2n) is 3.63. The molecule has 1 aromatic heterocycles. The molecule has 0 bridgehead atoms. The quantitative estimate of drug-likeness (QED) is 0.858. The Bertz CT molecular complexity index is 425. The van der Waals surface area contributed by atoms with Crippen LogP contribution < -0.4 is 5.32 Å². The summed E-state index contributed by atoms with van der Waals surface area (Å²) in [7, 11) is 0. The fourth-order valence-electron chi connectivity index (χ4n) is 1.45. The van der Waals surface area contributed by atoms with E-state index in [1.54, 1.807) is 11.3 Å². The first-order chi connectivity index (χ1) is 7.75. The van der Waals surface area contributed by atoms with Crippen molar-refractivity contribution in [2.75, 3.05) is 0 Å². The Morgan fingerprint density at radius 2 is 2.12 bits per heavy atom. The number of hydrogen-bond acceptors (Lipinski definition) is 3. The predicted molar refractivity (Wildman–Crippen MR) is 76.5 cm³/mol. The highest BCUT2D eigenvalue weighted by Crippen LogP contribution is 2.15. The van der Waals surface area contributed by atoms with E-state index in [2.05, 4.69) is 69.5 Å². The average Bonchev–Trinajstić information content (AvgIpc) is 2.80. The van der Waals surface area contributed by atoms with Gasteiger partial charge in [0, 0.05) is 21.5 Å². The molecule has 0 saturated heterocycles. The third-order valence-corrected chi connectivity index (χ3v) is 3.80. The zero-order valence-corrected chi connectivity index (χ0v) is 12.0. The van der Waals surface area contributed by atoms with Gasteiger partial charge < -0.3 is 5.32 Å². The van der Waals surface area contributed by atoms with Gasteiger partial charge in [0.05, 0.1) is 11.2 Å². The van der Waals surface area contributed by atoms with Crippen molar-refractivity contribution in [2.45, 2.75) is 19.5 Å². The summed E-state index contributed by atoms with van der Waals surface area (Å²) in [6.45, 7) is 3.01. The smallest absolute Gasteiger partial charge is 0.0795 e. The van der Waals surface area contributed by atoms with Gasteiger partial charge in [-0.15, -0.1) is 11.3 Å². The molecule has 2 nitrogen and oxygen atoms in total. The lowest BCUT2D eigenvalue weighted by Gasteiger charge is -2.13. The molecule has 4 heteroatoms. The molecule has 16 heavy (non-hydrogen) atoms. The van der Waals surface area contributed by atoms with E-state index in [4.69, 9.17) is 0 Å². The van der Waals surface area contributed by atoms with Gasteiger partial charge in [-0.3, -0.25) is 0 Å². The zero-order chi connectivity index (χ0) is 11.4. The molecule has 2 aromatic rings. The van der Waals surface area contributed by atoms with Gasteiger partial charge in [-0.2, -0.15) is 0 Å². The first-order valence-electron chi connectivity index (χ1n) is 5.11. The summed E-state index contributed by atoms with van der Waals surface area (Å²) in [5.74, 6) is 0. The van der Waals surface area contributed by atoms with E-state index in [-0.39, 0.29) is 0 Å². The van der Waals surface area contributed by atoms with Gasteiger partial charge in [0.2, 0.25) is 0 Å². The maximum atomic E-state index is 4.25. The molecule has 1 aromatic carbocycles. The van der Waals surface area contributed by atoms with Crippen molar-refractivity contribution in [1.29, 1.82) is 0 Å². The number of thiazole rings is 1.